The molecule has 1 aromatic carbocycles. The Kier molecular flexibility index (Phi) is 5.84. The van der Waals surface area contributed by atoms with Gasteiger partial charge in [-0.15, -0.1) is 0 Å². The van der Waals surface area contributed by atoms with Crippen LogP contribution in [0.5, 0.6) is 0 Å². The van der Waals surface area contributed by atoms with Gasteiger partial charge >= 0.3 is 5.97 Å². The van der Waals surface area contributed by atoms with Gasteiger partial charge in [0.2, 0.25) is 11.3 Å². The Labute approximate surface area is 162 Å². The Hall–Kier alpha value is -3.48. The largest absolute Gasteiger partial charge is 0.462 e. The van der Waals surface area contributed by atoms with Crippen LogP contribution in [-0.4, -0.2) is 28.0 Å². The van der Waals surface area contributed by atoms with Crippen LogP contribution in [0, 0.1) is 6.92 Å². The van der Waals surface area contributed by atoms with Crippen molar-refractivity contribution in [3.63, 3.8) is 0 Å². The van der Waals surface area contributed by atoms with Gasteiger partial charge in [0.1, 0.15) is 17.8 Å². The molecule has 0 saturated heterocycles. The molecule has 0 aliphatic carbocycles. The lowest BCUT2D eigenvalue weighted by Crippen LogP contribution is -2.29. The summed E-state index contributed by atoms with van der Waals surface area (Å²) in [7, 11) is 0. The smallest absolute Gasteiger partial charge is 0.343 e. The standard InChI is InChI=1S/C21H21N3O4/c1-3-28-21(27)17-12-24(20-16(19(17)26)10-9-14(2)23-20)13-18(25)22-11-15-7-5-4-6-8-15/h4-10,12H,3,11,13H2,1-2H3,(H,22,25). The van der Waals surface area contributed by atoms with Crippen LogP contribution in [0.1, 0.15) is 28.5 Å². The molecule has 2 aromatic heterocycles. The van der Waals surface area contributed by atoms with Crippen LogP contribution in [-0.2, 0) is 22.6 Å². The number of esters is 1. The van der Waals surface area contributed by atoms with Gasteiger partial charge in [-0.2, -0.15) is 0 Å². The van der Waals surface area contributed by atoms with Crippen molar-refractivity contribution in [2.45, 2.75) is 26.9 Å². The molecule has 144 valence electrons. The number of hydrogen-bond donors (Lipinski definition) is 1. The Bertz CT molecular complexity index is 1070. The second-order valence-electron chi connectivity index (χ2n) is 6.31. The van der Waals surface area contributed by atoms with Gasteiger partial charge in [0.15, 0.2) is 0 Å². The van der Waals surface area contributed by atoms with E-state index in [0.29, 0.717) is 17.9 Å². The lowest BCUT2D eigenvalue weighted by Gasteiger charge is -2.13. The van der Waals surface area contributed by atoms with Crippen molar-refractivity contribution in [2.24, 2.45) is 0 Å². The number of carbonyl (C=O) groups excluding carboxylic acids is 2. The van der Waals surface area contributed by atoms with E-state index < -0.39 is 11.4 Å². The molecule has 0 fully saturated rings. The maximum atomic E-state index is 12.7. The van der Waals surface area contributed by atoms with E-state index in [1.807, 2.05) is 30.3 Å². The third-order valence-corrected chi connectivity index (χ3v) is 4.20. The lowest BCUT2D eigenvalue weighted by atomic mass is 10.2. The fourth-order valence-corrected chi connectivity index (χ4v) is 2.84. The number of amides is 1. The minimum Gasteiger partial charge on any atom is -0.462 e. The predicted molar refractivity (Wildman–Crippen MR) is 105 cm³/mol. The molecule has 0 aliphatic rings. The van der Waals surface area contributed by atoms with Crippen LogP contribution in [0.4, 0.5) is 0 Å². The molecule has 0 bridgehead atoms. The molecule has 3 rings (SSSR count). The number of aryl methyl sites for hydroxylation is 1. The van der Waals surface area contributed by atoms with Crippen LogP contribution in [0.15, 0.2) is 53.5 Å². The highest BCUT2D eigenvalue weighted by molar-refractivity contribution is 5.93. The van der Waals surface area contributed by atoms with Gasteiger partial charge in [0, 0.05) is 18.4 Å². The van der Waals surface area contributed by atoms with E-state index in [0.717, 1.165) is 5.56 Å². The zero-order chi connectivity index (χ0) is 20.1. The first-order valence-corrected chi connectivity index (χ1v) is 8.98. The molecule has 1 N–H and O–H groups in total. The van der Waals surface area contributed by atoms with Gasteiger partial charge in [-0.3, -0.25) is 9.59 Å². The molecule has 0 unspecified atom stereocenters. The third kappa shape index (κ3) is 4.25. The SMILES string of the molecule is CCOC(=O)c1cn(CC(=O)NCc2ccccc2)c2nc(C)ccc2c1=O. The average Bonchev–Trinajstić information content (AvgIpc) is 2.69. The first-order chi connectivity index (χ1) is 13.5. The van der Waals surface area contributed by atoms with Crippen molar-refractivity contribution in [3.8, 4) is 0 Å². The molecule has 3 aromatic rings. The molecule has 0 atom stereocenters. The number of carbonyl (C=O) groups is 2. The number of rotatable bonds is 6. The number of pyridine rings is 2. The van der Waals surface area contributed by atoms with E-state index >= 15 is 0 Å². The second kappa shape index (κ2) is 8.47. The number of ether oxygens (including phenoxy) is 1. The van der Waals surface area contributed by atoms with Crippen LogP contribution in [0.2, 0.25) is 0 Å². The van der Waals surface area contributed by atoms with Crippen LogP contribution >= 0.6 is 0 Å². The topological polar surface area (TPSA) is 90.3 Å². The summed E-state index contributed by atoms with van der Waals surface area (Å²) in [6, 6.07) is 12.8. The molecule has 0 aliphatic heterocycles. The molecular weight excluding hydrogens is 358 g/mol. The highest BCUT2D eigenvalue weighted by Gasteiger charge is 2.18. The summed E-state index contributed by atoms with van der Waals surface area (Å²) in [4.78, 5) is 41.7. The molecule has 28 heavy (non-hydrogen) atoms. The molecule has 7 nitrogen and oxygen atoms in total. The Morgan fingerprint density at radius 1 is 1.14 bits per heavy atom. The summed E-state index contributed by atoms with van der Waals surface area (Å²) in [5.41, 5.74) is 1.46. The van der Waals surface area contributed by atoms with E-state index in [2.05, 4.69) is 10.3 Å². The zero-order valence-electron chi connectivity index (χ0n) is 15.8. The van der Waals surface area contributed by atoms with E-state index in [4.69, 9.17) is 4.74 Å². The maximum absolute atomic E-state index is 12.7. The van der Waals surface area contributed by atoms with E-state index in [1.54, 1.807) is 26.0 Å². The van der Waals surface area contributed by atoms with Gasteiger partial charge < -0.3 is 14.6 Å². The van der Waals surface area contributed by atoms with Gasteiger partial charge in [-0.1, -0.05) is 30.3 Å². The number of aromatic nitrogens is 2. The predicted octanol–water partition coefficient (Wildman–Crippen LogP) is 2.20. The van der Waals surface area contributed by atoms with Gasteiger partial charge in [0.05, 0.1) is 12.0 Å². The van der Waals surface area contributed by atoms with Gasteiger partial charge in [0.25, 0.3) is 0 Å². The quantitative estimate of drug-likeness (QED) is 0.663. The van der Waals surface area contributed by atoms with Crippen LogP contribution in [0.3, 0.4) is 0 Å². The van der Waals surface area contributed by atoms with Crippen molar-refractivity contribution >= 4 is 22.9 Å². The zero-order valence-corrected chi connectivity index (χ0v) is 15.8. The van der Waals surface area contributed by atoms with Crippen molar-refractivity contribution in [1.82, 2.24) is 14.9 Å². The Morgan fingerprint density at radius 3 is 2.61 bits per heavy atom. The minimum atomic E-state index is -0.714. The molecule has 1 amide bonds. The molecule has 0 spiro atoms. The molecule has 7 heteroatoms. The first-order valence-electron chi connectivity index (χ1n) is 8.98. The summed E-state index contributed by atoms with van der Waals surface area (Å²) in [6.07, 6.45) is 1.34. The van der Waals surface area contributed by atoms with E-state index in [1.165, 1.54) is 10.8 Å². The van der Waals surface area contributed by atoms with Crippen LogP contribution < -0.4 is 10.7 Å². The van der Waals surface area contributed by atoms with Crippen molar-refractivity contribution in [2.75, 3.05) is 6.61 Å². The Morgan fingerprint density at radius 2 is 1.89 bits per heavy atom. The summed E-state index contributed by atoms with van der Waals surface area (Å²) >= 11 is 0. The van der Waals surface area contributed by atoms with Crippen LogP contribution in [0.25, 0.3) is 11.0 Å². The highest BCUT2D eigenvalue weighted by Crippen LogP contribution is 2.12. The van der Waals surface area contributed by atoms with Crippen molar-refractivity contribution in [3.05, 3.63) is 75.7 Å². The third-order valence-electron chi connectivity index (χ3n) is 4.20. The Balaban J connectivity index is 1.93. The summed E-state index contributed by atoms with van der Waals surface area (Å²) < 4.78 is 6.48. The monoisotopic (exact) mass is 379 g/mol. The summed E-state index contributed by atoms with van der Waals surface area (Å²) in [5.74, 6) is -0.972. The lowest BCUT2D eigenvalue weighted by molar-refractivity contribution is -0.121. The molecule has 2 heterocycles. The highest BCUT2D eigenvalue weighted by atomic mass is 16.5. The average molecular weight is 379 g/mol. The molecule has 0 saturated carbocycles. The van der Waals surface area contributed by atoms with E-state index in [-0.39, 0.29) is 30.0 Å². The van der Waals surface area contributed by atoms with Crippen molar-refractivity contribution in [1.29, 1.82) is 0 Å². The fourth-order valence-electron chi connectivity index (χ4n) is 2.84. The number of benzene rings is 1. The number of hydrogen-bond acceptors (Lipinski definition) is 5. The van der Waals surface area contributed by atoms with Crippen molar-refractivity contribution < 1.29 is 14.3 Å². The molecule has 0 radical (unpaired) electrons. The number of nitrogens with one attached hydrogen (secondary N) is 1. The number of fused-ring (bicyclic) bond motifs is 1. The number of nitrogens with zero attached hydrogens (tertiary/aromatic N) is 2. The van der Waals surface area contributed by atoms with E-state index in [9.17, 15) is 14.4 Å². The second-order valence-corrected chi connectivity index (χ2v) is 6.31. The maximum Gasteiger partial charge on any atom is 0.343 e. The van der Waals surface area contributed by atoms with Gasteiger partial charge in [-0.25, -0.2) is 9.78 Å². The minimum absolute atomic E-state index is 0.0769. The van der Waals surface area contributed by atoms with Gasteiger partial charge in [-0.05, 0) is 31.5 Å². The normalized spacial score (nSPS) is 10.6. The molecular formula is C21H21N3O4. The fraction of sp³-hybridized carbons (Fsp3) is 0.238. The summed E-state index contributed by atoms with van der Waals surface area (Å²) in [5, 5.41) is 3.10. The first kappa shape index (κ1) is 19.3. The summed E-state index contributed by atoms with van der Waals surface area (Å²) in [6.45, 7) is 3.92.